The van der Waals surface area contributed by atoms with Gasteiger partial charge in [-0.05, 0) is 67.8 Å². The Balaban J connectivity index is 1.34. The summed E-state index contributed by atoms with van der Waals surface area (Å²) in [5.41, 5.74) is 1.32. The Labute approximate surface area is 199 Å². The number of nitrogens with zero attached hydrogens (tertiary/aromatic N) is 2. The fourth-order valence-electron chi connectivity index (χ4n) is 7.98. The van der Waals surface area contributed by atoms with Gasteiger partial charge in [-0.3, -0.25) is 10.1 Å². The number of thiazole rings is 1. The van der Waals surface area contributed by atoms with Crippen molar-refractivity contribution in [2.24, 2.45) is 28.6 Å². The molecule has 2 heterocycles. The SMILES string of the molecule is CN1C(=O)C=C[C@@]2(C)C1CC[C@@H]1[C@H]2CC[C@]2(C)C(c3csc(NC(=O)OCCF)n3)CC[C@@H]12. The first-order chi connectivity index (χ1) is 15.8. The van der Waals surface area contributed by atoms with Gasteiger partial charge < -0.3 is 9.64 Å². The lowest BCUT2D eigenvalue weighted by atomic mass is 9.47. The zero-order valence-electron chi connectivity index (χ0n) is 19.7. The highest BCUT2D eigenvalue weighted by Gasteiger charge is 2.60. The lowest BCUT2D eigenvalue weighted by Gasteiger charge is -2.60. The van der Waals surface area contributed by atoms with Crippen LogP contribution in [-0.2, 0) is 9.53 Å². The van der Waals surface area contributed by atoms with Gasteiger partial charge in [0, 0.05) is 29.8 Å². The van der Waals surface area contributed by atoms with Crippen molar-refractivity contribution in [2.75, 3.05) is 25.6 Å². The van der Waals surface area contributed by atoms with E-state index in [0.717, 1.165) is 25.0 Å². The second-order valence-electron chi connectivity index (χ2n) is 10.8. The average molecular weight is 476 g/mol. The van der Waals surface area contributed by atoms with Crippen molar-refractivity contribution in [1.29, 1.82) is 0 Å². The molecule has 6 nitrogen and oxygen atoms in total. The summed E-state index contributed by atoms with van der Waals surface area (Å²) in [6.07, 6.45) is 10.3. The summed E-state index contributed by atoms with van der Waals surface area (Å²) in [7, 11) is 1.97. The maximum atomic E-state index is 12.3. The summed E-state index contributed by atoms with van der Waals surface area (Å²) in [5, 5.41) is 5.22. The van der Waals surface area contributed by atoms with E-state index in [1.165, 1.54) is 30.6 Å². The van der Waals surface area contributed by atoms with E-state index >= 15 is 0 Å². The van der Waals surface area contributed by atoms with Crippen LogP contribution in [0, 0.1) is 28.6 Å². The van der Waals surface area contributed by atoms with Gasteiger partial charge in [0.1, 0.15) is 13.3 Å². The molecule has 0 bridgehead atoms. The van der Waals surface area contributed by atoms with E-state index in [9.17, 15) is 14.0 Å². The number of hydrogen-bond donors (Lipinski definition) is 1. The first-order valence-corrected chi connectivity index (χ1v) is 13.1. The standard InChI is InChI=1S/C25H34FN3O3S/c1-24-10-8-17-15(4-7-20-25(17,2)11-9-21(30)29(20)3)16(24)5-6-18(24)19-14-33-22(27-19)28-23(31)32-13-12-26/h9,11,14-18,20H,4-8,10,12-13H2,1-3H3,(H,27,28,31)/t15-,16-,17+,18?,20?,24-,25+/m0/s1. The third-order valence-electron chi connectivity index (χ3n) is 9.53. The first kappa shape index (κ1) is 22.8. The molecular weight excluding hydrogens is 441 g/mol. The first-order valence-electron chi connectivity index (χ1n) is 12.2. The number of carbonyl (C=O) groups is 2. The van der Waals surface area contributed by atoms with Crippen LogP contribution in [0.25, 0.3) is 0 Å². The van der Waals surface area contributed by atoms with Gasteiger partial charge in [-0.25, -0.2) is 14.2 Å². The number of hydrogen-bond acceptors (Lipinski definition) is 5. The molecule has 5 rings (SSSR count). The molecule has 8 heteroatoms. The quantitative estimate of drug-likeness (QED) is 0.634. The van der Waals surface area contributed by atoms with Gasteiger partial charge in [-0.1, -0.05) is 19.9 Å². The Morgan fingerprint density at radius 1 is 1.27 bits per heavy atom. The number of rotatable bonds is 4. The molecule has 1 aromatic heterocycles. The number of anilines is 1. The summed E-state index contributed by atoms with van der Waals surface area (Å²) in [5.74, 6) is 2.46. The van der Waals surface area contributed by atoms with Gasteiger partial charge in [0.25, 0.3) is 0 Å². The van der Waals surface area contributed by atoms with Gasteiger partial charge in [0.2, 0.25) is 5.91 Å². The Morgan fingerprint density at radius 3 is 2.88 bits per heavy atom. The molecule has 1 aliphatic heterocycles. The lowest BCUT2D eigenvalue weighted by molar-refractivity contribution is -0.138. The molecule has 2 unspecified atom stereocenters. The summed E-state index contributed by atoms with van der Waals surface area (Å²) >= 11 is 1.41. The molecule has 4 aliphatic rings. The van der Waals surface area contributed by atoms with Crippen LogP contribution in [0.2, 0.25) is 0 Å². The molecule has 0 saturated heterocycles. The molecule has 33 heavy (non-hydrogen) atoms. The van der Waals surface area contributed by atoms with Crippen molar-refractivity contribution >= 4 is 28.5 Å². The monoisotopic (exact) mass is 475 g/mol. The molecule has 3 fully saturated rings. The zero-order chi connectivity index (χ0) is 23.4. The van der Waals surface area contributed by atoms with Crippen molar-refractivity contribution in [1.82, 2.24) is 9.88 Å². The minimum absolute atomic E-state index is 0.0582. The summed E-state index contributed by atoms with van der Waals surface area (Å²) < 4.78 is 17.0. The molecule has 180 valence electrons. The second-order valence-corrected chi connectivity index (χ2v) is 11.7. The maximum Gasteiger partial charge on any atom is 0.413 e. The molecule has 3 aliphatic carbocycles. The van der Waals surface area contributed by atoms with Crippen molar-refractivity contribution < 1.29 is 18.7 Å². The molecule has 0 spiro atoms. The summed E-state index contributed by atoms with van der Waals surface area (Å²) in [6, 6.07) is 0.308. The molecule has 2 amide bonds. The van der Waals surface area contributed by atoms with Gasteiger partial charge >= 0.3 is 6.09 Å². The Morgan fingerprint density at radius 2 is 2.09 bits per heavy atom. The van der Waals surface area contributed by atoms with Crippen LogP contribution in [0.4, 0.5) is 14.3 Å². The van der Waals surface area contributed by atoms with Gasteiger partial charge in [-0.2, -0.15) is 0 Å². The lowest BCUT2D eigenvalue weighted by Crippen LogP contribution is -2.59. The van der Waals surface area contributed by atoms with Crippen LogP contribution in [0.1, 0.15) is 64.0 Å². The molecule has 0 aromatic carbocycles. The van der Waals surface area contributed by atoms with Crippen LogP contribution in [-0.4, -0.2) is 48.3 Å². The number of alkyl halides is 1. The van der Waals surface area contributed by atoms with Gasteiger partial charge in [0.15, 0.2) is 5.13 Å². The number of ether oxygens (including phenoxy) is 1. The number of nitrogens with one attached hydrogen (secondary N) is 1. The van der Waals surface area contributed by atoms with E-state index in [0.29, 0.717) is 34.8 Å². The highest BCUT2D eigenvalue weighted by Crippen LogP contribution is 2.67. The Kier molecular flexibility index (Phi) is 5.78. The number of aromatic nitrogens is 1. The fraction of sp³-hybridized carbons (Fsp3) is 0.720. The van der Waals surface area contributed by atoms with Crippen molar-refractivity contribution in [3.8, 4) is 0 Å². The maximum absolute atomic E-state index is 12.3. The number of amides is 2. The smallest absolute Gasteiger partial charge is 0.413 e. The summed E-state index contributed by atoms with van der Waals surface area (Å²) in [6.45, 7) is 3.90. The number of likely N-dealkylation sites (N-methyl/N-ethyl adjacent to an activating group) is 1. The molecule has 0 radical (unpaired) electrons. The van der Waals surface area contributed by atoms with E-state index < -0.39 is 12.8 Å². The van der Waals surface area contributed by atoms with E-state index in [-0.39, 0.29) is 23.3 Å². The second kappa shape index (κ2) is 8.36. The third kappa shape index (κ3) is 3.60. The highest BCUT2D eigenvalue weighted by atomic mass is 32.1. The van der Waals surface area contributed by atoms with Gasteiger partial charge in [0.05, 0.1) is 5.69 Å². The minimum atomic E-state index is -0.692. The van der Waals surface area contributed by atoms with Crippen LogP contribution < -0.4 is 5.32 Å². The van der Waals surface area contributed by atoms with Gasteiger partial charge in [-0.15, -0.1) is 11.3 Å². The predicted molar refractivity (Wildman–Crippen MR) is 126 cm³/mol. The molecule has 3 saturated carbocycles. The van der Waals surface area contributed by atoms with E-state index in [1.54, 1.807) is 6.08 Å². The van der Waals surface area contributed by atoms with Crippen LogP contribution in [0.5, 0.6) is 0 Å². The number of fused-ring (bicyclic) bond motifs is 5. The highest BCUT2D eigenvalue weighted by molar-refractivity contribution is 7.13. The van der Waals surface area contributed by atoms with Crippen LogP contribution in [0.3, 0.4) is 0 Å². The molecule has 7 atom stereocenters. The van der Waals surface area contributed by atoms with Crippen molar-refractivity contribution in [3.05, 3.63) is 23.2 Å². The van der Waals surface area contributed by atoms with E-state index in [4.69, 9.17) is 9.72 Å². The Hall–Kier alpha value is -1.96. The fourth-order valence-corrected chi connectivity index (χ4v) is 8.73. The largest absolute Gasteiger partial charge is 0.446 e. The predicted octanol–water partition coefficient (Wildman–Crippen LogP) is 5.38. The van der Waals surface area contributed by atoms with Crippen LogP contribution in [0.15, 0.2) is 17.5 Å². The normalized spacial score (nSPS) is 39.6. The molecule has 1 N–H and O–H groups in total. The average Bonchev–Trinajstić information content (AvgIpc) is 3.38. The van der Waals surface area contributed by atoms with E-state index in [1.807, 2.05) is 11.9 Å². The van der Waals surface area contributed by atoms with Crippen LogP contribution >= 0.6 is 11.3 Å². The number of halogens is 1. The molecule has 1 aromatic rings. The van der Waals surface area contributed by atoms with Crippen molar-refractivity contribution in [3.63, 3.8) is 0 Å². The van der Waals surface area contributed by atoms with E-state index in [2.05, 4.69) is 30.6 Å². The zero-order valence-corrected chi connectivity index (χ0v) is 20.5. The van der Waals surface area contributed by atoms with Crippen molar-refractivity contribution in [2.45, 2.75) is 64.3 Å². The third-order valence-corrected chi connectivity index (χ3v) is 10.3. The molecular formula is C25H34FN3O3S. The summed E-state index contributed by atoms with van der Waals surface area (Å²) in [4.78, 5) is 30.8. The topological polar surface area (TPSA) is 71.5 Å². The minimum Gasteiger partial charge on any atom is -0.446 e. The Bertz CT molecular complexity index is 966. The number of carbonyl (C=O) groups excluding carboxylic acids is 2.